The Bertz CT molecular complexity index is 4770. The van der Waals surface area contributed by atoms with Crippen LogP contribution >= 0.6 is 11.8 Å². The Kier molecular flexibility index (Phi) is 51.7. The van der Waals surface area contributed by atoms with Crippen molar-refractivity contribution in [2.75, 3.05) is 78.5 Å². The van der Waals surface area contributed by atoms with Crippen molar-refractivity contribution in [3.8, 4) is 5.75 Å². The molecule has 14 unspecified atom stereocenters. The summed E-state index contributed by atoms with van der Waals surface area (Å²) in [7, 11) is 3.94. The first-order valence-electron chi connectivity index (χ1n) is 50.4. The minimum atomic E-state index is -1.76. The number of thioether (sulfide) groups is 1. The fourth-order valence-electron chi connectivity index (χ4n) is 17.9. The van der Waals surface area contributed by atoms with E-state index in [2.05, 4.69) is 58.5 Å². The third-order valence-corrected chi connectivity index (χ3v) is 26.9. The van der Waals surface area contributed by atoms with Gasteiger partial charge >= 0.3 is 11.9 Å². The number of aliphatic hydroxyl groups is 1. The summed E-state index contributed by atoms with van der Waals surface area (Å²) >= 11 is 0.821. The molecule has 3 saturated heterocycles. The Morgan fingerprint density at radius 2 is 1.06 bits per heavy atom. The van der Waals surface area contributed by atoms with E-state index in [1.807, 2.05) is 13.8 Å². The van der Waals surface area contributed by atoms with Gasteiger partial charge in [-0.2, -0.15) is 0 Å². The van der Waals surface area contributed by atoms with Gasteiger partial charge in [-0.1, -0.05) is 175 Å². The molecule has 3 aliphatic heterocycles. The van der Waals surface area contributed by atoms with Gasteiger partial charge in [-0.3, -0.25) is 91.1 Å². The van der Waals surface area contributed by atoms with Gasteiger partial charge in [0.15, 0.2) is 0 Å². The number of aliphatic carboxylic acids is 2. The molecule has 143 heavy (non-hydrogen) atoms. The second-order valence-electron chi connectivity index (χ2n) is 38.4. The fraction of sp³-hybridized carbons (Fsp3) is 0.667. The molecule has 0 bridgehead atoms. The van der Waals surface area contributed by atoms with Crippen LogP contribution in [0.1, 0.15) is 239 Å². The van der Waals surface area contributed by atoms with Crippen LogP contribution in [0.15, 0.2) is 54.7 Å². The van der Waals surface area contributed by atoms with Crippen LogP contribution in [-0.4, -0.2) is 325 Å². The first-order valence-corrected chi connectivity index (χ1v) is 51.5. The van der Waals surface area contributed by atoms with Gasteiger partial charge in [0.25, 0.3) is 0 Å². The molecular weight excluding hydrogens is 1870 g/mol. The summed E-state index contributed by atoms with van der Waals surface area (Å²) in [5.41, 5.74) is 19.2. The number of carbonyl (C=O) groups is 19. The highest BCUT2D eigenvalue weighted by atomic mass is 32.2. The maximum Gasteiger partial charge on any atom is 0.323 e. The van der Waals surface area contributed by atoms with Crippen LogP contribution < -0.4 is 75.7 Å². The number of rotatable bonds is 41. The lowest BCUT2D eigenvalue weighted by Gasteiger charge is -2.36. The topological polar surface area (TPSA) is 637 Å². The zero-order valence-electron chi connectivity index (χ0n) is 84.6. The number of likely N-dealkylation sites (N-methyl/N-ethyl adjacent to an activating group) is 3. The van der Waals surface area contributed by atoms with Gasteiger partial charge in [-0.15, -0.1) is 11.8 Å². The van der Waals surface area contributed by atoms with Gasteiger partial charge < -0.3 is 125 Å². The molecule has 17 amide bonds. The Balaban J connectivity index is 1.38. The van der Waals surface area contributed by atoms with Crippen LogP contribution in [0.4, 0.5) is 0 Å². The van der Waals surface area contributed by atoms with Crippen molar-refractivity contribution in [1.29, 1.82) is 0 Å². The number of carboxylic acids is 2. The molecule has 3 aliphatic rings. The molecule has 1 aromatic heterocycles. The first kappa shape index (κ1) is 120. The van der Waals surface area contributed by atoms with E-state index in [1.54, 1.807) is 52.0 Å². The molecule has 0 saturated carbocycles. The number of benzene rings is 2. The van der Waals surface area contributed by atoms with Gasteiger partial charge in [0.2, 0.25) is 100 Å². The molecule has 3 fully saturated rings. The van der Waals surface area contributed by atoms with E-state index in [4.69, 9.17) is 22.3 Å². The lowest BCUT2D eigenvalue weighted by molar-refractivity contribution is -0.149. The molecule has 4 heterocycles. The van der Waals surface area contributed by atoms with Gasteiger partial charge in [-0.05, 0) is 112 Å². The number of carbonyl (C=O) groups excluding carboxylic acids is 17. The standard InChI is InChI=1S/C99H156N20O23S/c1-11-13-33-77-93(136)108-69(46-60(3)4)90(133)113-75(88(131)104-53-82(123)103-44-30-26-24-22-20-18-16-15-17-19-21-23-25-27-37-85(126)127)58-143-59-84(125)107-71(48-63-38-40-65(120)41-39-63)95(138)114(8)62(7)87(130)109-73(51-81(102)122)97(140)118-45-31-36-78(118)94(137)112-74(52-101)91(134)110-70(47-61(5)6)98(141)119-56-66(121)50-80(119)92(135)105-54-83(124)106-68(42-43-100)89(132)111-72(96(139)116(10)79(34-14-12-2)99(142)115(77)9)49-64-55-117(57-86(128)129)76-35-29-28-32-67(64)76/h28-29,32,35,38-41,55,60-62,66,68-75,77-80,120-121H,11-27,30-31,33-34,36-37,42-54,56-59,100-101H2,1-10H3,(H2,102,122)(H,103,123)(H,104,131)(H,105,135)(H,106,124)(H,107,125)(H,108,136)(H,109,130)(H,110,134)(H,111,132)(H,112,137)(H,113,133)(H,126,127)(H,128,129). The average Bonchev–Trinajstić information content (AvgIpc) is 1.64. The van der Waals surface area contributed by atoms with Crippen LogP contribution in [0.25, 0.3) is 10.9 Å². The highest BCUT2D eigenvalue weighted by Gasteiger charge is 2.46. The number of aromatic nitrogens is 1. The van der Waals surface area contributed by atoms with Crippen molar-refractivity contribution in [2.45, 2.75) is 332 Å². The van der Waals surface area contributed by atoms with Gasteiger partial charge in [0, 0.05) is 95.9 Å². The molecular formula is C99H156N20O23S. The summed E-state index contributed by atoms with van der Waals surface area (Å²) in [5, 5.41) is 70.0. The average molecular weight is 2030 g/mol. The molecule has 0 spiro atoms. The van der Waals surface area contributed by atoms with Gasteiger partial charge in [-0.25, -0.2) is 0 Å². The molecule has 3 aromatic rings. The summed E-state index contributed by atoms with van der Waals surface area (Å²) < 4.78 is 1.44. The largest absolute Gasteiger partial charge is 0.508 e. The van der Waals surface area contributed by atoms with Gasteiger partial charge in [0.05, 0.1) is 31.4 Å². The summed E-state index contributed by atoms with van der Waals surface area (Å²) in [6, 6.07) is -7.19. The molecule has 14 atom stereocenters. The number of hydrogen-bond acceptors (Lipinski definition) is 24. The van der Waals surface area contributed by atoms with Crippen molar-refractivity contribution in [3.05, 3.63) is 65.9 Å². The number of amides is 17. The summed E-state index contributed by atoms with van der Waals surface area (Å²) in [5.74, 6) is -18.8. The maximum atomic E-state index is 15.8. The van der Waals surface area contributed by atoms with E-state index in [-0.39, 0.29) is 107 Å². The summed E-state index contributed by atoms with van der Waals surface area (Å²) in [4.78, 5) is 277. The Hall–Kier alpha value is -12.1. The van der Waals surface area contributed by atoms with Crippen molar-refractivity contribution in [1.82, 2.24) is 87.6 Å². The maximum absolute atomic E-state index is 15.8. The number of carboxylic acid groups (broad SMARTS) is 2. The monoisotopic (exact) mass is 2030 g/mol. The van der Waals surface area contributed by atoms with Crippen molar-refractivity contribution >= 4 is 135 Å². The number of phenolic OH excluding ortho intramolecular Hbond substituents is 1. The number of phenols is 1. The molecule has 21 N–H and O–H groups in total. The van der Waals surface area contributed by atoms with E-state index in [9.17, 15) is 82.4 Å². The molecule has 6 rings (SSSR count). The Morgan fingerprint density at radius 3 is 1.66 bits per heavy atom. The van der Waals surface area contributed by atoms with E-state index in [1.165, 1.54) is 68.0 Å². The van der Waals surface area contributed by atoms with Crippen LogP contribution in [0, 0.1) is 11.8 Å². The fourth-order valence-corrected chi connectivity index (χ4v) is 18.7. The molecule has 44 heteroatoms. The zero-order chi connectivity index (χ0) is 106. The number of nitrogens with one attached hydrogen (secondary N) is 11. The summed E-state index contributed by atoms with van der Waals surface area (Å²) in [6.07, 6.45) is 14.0. The lowest BCUT2D eigenvalue weighted by atomic mass is 9.99. The molecule has 0 radical (unpaired) electrons. The number of para-hydroxylation sites is 1. The van der Waals surface area contributed by atoms with Crippen LogP contribution in [0.2, 0.25) is 0 Å². The predicted octanol–water partition coefficient (Wildman–Crippen LogP) is 1.24. The summed E-state index contributed by atoms with van der Waals surface area (Å²) in [6.45, 7) is 9.01. The minimum absolute atomic E-state index is 0.00692. The van der Waals surface area contributed by atoms with Crippen LogP contribution in [0.5, 0.6) is 5.75 Å². The second-order valence-corrected chi connectivity index (χ2v) is 39.5. The predicted molar refractivity (Wildman–Crippen MR) is 534 cm³/mol. The van der Waals surface area contributed by atoms with Crippen molar-refractivity contribution in [2.24, 2.45) is 29.0 Å². The smallest absolute Gasteiger partial charge is 0.323 e. The number of nitrogens with zero attached hydrogens (tertiary/aromatic N) is 6. The number of nitrogens with two attached hydrogens (primary N) is 3. The zero-order valence-corrected chi connectivity index (χ0v) is 85.4. The Labute approximate surface area is 841 Å². The quantitative estimate of drug-likeness (QED) is 0.0355. The second kappa shape index (κ2) is 61.8. The Morgan fingerprint density at radius 1 is 0.524 bits per heavy atom. The number of primary amides is 1. The molecule has 2 aromatic carbocycles. The number of unbranched alkanes of at least 4 members (excludes halogenated alkanes) is 15. The van der Waals surface area contributed by atoms with Gasteiger partial charge in [0.1, 0.15) is 90.8 Å². The number of aromatic hydroxyl groups is 1. The third-order valence-electron chi connectivity index (χ3n) is 25.9. The number of fused-ring (bicyclic) bond motifs is 3. The normalized spacial score (nSPS) is 23.5. The van der Waals surface area contributed by atoms with Crippen molar-refractivity contribution in [3.63, 3.8) is 0 Å². The number of hydrogen-bond donors (Lipinski definition) is 18. The highest BCUT2D eigenvalue weighted by molar-refractivity contribution is 8.00. The third kappa shape index (κ3) is 39.5. The van der Waals surface area contributed by atoms with Crippen LogP contribution in [0.3, 0.4) is 0 Å². The minimum Gasteiger partial charge on any atom is -0.508 e. The lowest BCUT2D eigenvalue weighted by Crippen LogP contribution is -2.61. The van der Waals surface area contributed by atoms with Crippen molar-refractivity contribution < 1.29 is 112 Å². The van der Waals surface area contributed by atoms with E-state index >= 15 is 24.0 Å². The number of aliphatic hydroxyl groups excluding tert-OH is 1. The molecule has 43 nitrogen and oxygen atoms in total. The van der Waals surface area contributed by atoms with Crippen LogP contribution in [-0.2, 0) is 110 Å². The van der Waals surface area contributed by atoms with E-state index < -0.39 is 242 Å². The van der Waals surface area contributed by atoms with E-state index in [0.717, 1.165) is 108 Å². The first-order chi connectivity index (χ1) is 68.0. The van der Waals surface area contributed by atoms with E-state index in [0.29, 0.717) is 67.1 Å². The SMILES string of the molecule is CCCCC1C(=O)N(C)C(CCCC)C(=O)NC(CC(C)C)C(=O)NC(C(=O)NCC(=O)NCCCCCCCCCCCCCCCCC(=O)O)CSCC(=O)NC(Cc2ccc(O)cc2)C(=O)N(C)C(C)C(=O)NC(CC(N)=O)C(=O)N2CCCC2C(=O)NC(CN)C(=O)NC(CC(C)C)C(=O)N2CC(O)CC2C(=O)NCC(=O)NC(CCN)C(=O)NC(Cc2cn(CC(=O)O)c3ccccc23)C(=O)N1C. The highest BCUT2D eigenvalue weighted by Crippen LogP contribution is 2.29. The molecule has 796 valence electrons. The molecule has 0 aliphatic carbocycles.